The average Bonchev–Trinajstić information content (AvgIpc) is 2.41. The number of rotatable bonds is 2. The van der Waals surface area contributed by atoms with Crippen LogP contribution in [0.15, 0.2) is 28.7 Å². The number of halogens is 1. The van der Waals surface area contributed by atoms with Crippen LogP contribution in [0.1, 0.15) is 13.8 Å². The average molecular weight is 326 g/mol. The van der Waals surface area contributed by atoms with E-state index >= 15 is 0 Å². The SMILES string of the molecule is CC(C)N1CCN(C(=O)Nc2ccccc2Br)CC1. The molecule has 0 radical (unpaired) electrons. The van der Waals surface area contributed by atoms with Gasteiger partial charge in [0, 0.05) is 36.7 Å². The molecule has 1 aliphatic heterocycles. The summed E-state index contributed by atoms with van der Waals surface area (Å²) in [5.41, 5.74) is 0.818. The van der Waals surface area contributed by atoms with Gasteiger partial charge in [-0.05, 0) is 41.9 Å². The van der Waals surface area contributed by atoms with E-state index in [-0.39, 0.29) is 6.03 Å². The van der Waals surface area contributed by atoms with Crippen molar-refractivity contribution in [2.24, 2.45) is 0 Å². The first-order valence-corrected chi connectivity index (χ1v) is 7.41. The predicted octanol–water partition coefficient (Wildman–Crippen LogP) is 3.01. The molecular formula is C14H20BrN3O. The molecule has 2 rings (SSSR count). The molecule has 4 nitrogen and oxygen atoms in total. The monoisotopic (exact) mass is 325 g/mol. The minimum absolute atomic E-state index is 0.0182. The van der Waals surface area contributed by atoms with Crippen LogP contribution < -0.4 is 5.32 Å². The van der Waals surface area contributed by atoms with Gasteiger partial charge in [-0.25, -0.2) is 4.79 Å². The number of hydrogen-bond donors (Lipinski definition) is 1. The Bertz CT molecular complexity index is 442. The molecule has 0 unspecified atom stereocenters. The minimum atomic E-state index is -0.0182. The van der Waals surface area contributed by atoms with E-state index in [9.17, 15) is 4.79 Å². The number of piperazine rings is 1. The lowest BCUT2D eigenvalue weighted by molar-refractivity contribution is 0.125. The van der Waals surface area contributed by atoms with Crippen molar-refractivity contribution in [2.45, 2.75) is 19.9 Å². The van der Waals surface area contributed by atoms with Gasteiger partial charge in [-0.2, -0.15) is 0 Å². The molecule has 2 amide bonds. The highest BCUT2D eigenvalue weighted by atomic mass is 79.9. The van der Waals surface area contributed by atoms with E-state index in [1.54, 1.807) is 0 Å². The standard InChI is InChI=1S/C14H20BrN3O/c1-11(2)17-7-9-18(10-8-17)14(19)16-13-6-4-3-5-12(13)15/h3-6,11H,7-10H2,1-2H3,(H,16,19). The van der Waals surface area contributed by atoms with Crippen LogP contribution in [-0.2, 0) is 0 Å². The molecular weight excluding hydrogens is 306 g/mol. The molecule has 0 saturated carbocycles. The number of hydrogen-bond acceptors (Lipinski definition) is 2. The number of urea groups is 1. The van der Waals surface area contributed by atoms with Crippen molar-refractivity contribution < 1.29 is 4.79 Å². The molecule has 5 heteroatoms. The largest absolute Gasteiger partial charge is 0.322 e. The Morgan fingerprint density at radius 1 is 1.21 bits per heavy atom. The number of amides is 2. The highest BCUT2D eigenvalue weighted by Gasteiger charge is 2.22. The predicted molar refractivity (Wildman–Crippen MR) is 81.4 cm³/mol. The summed E-state index contributed by atoms with van der Waals surface area (Å²) < 4.78 is 0.907. The molecule has 104 valence electrons. The maximum atomic E-state index is 12.2. The molecule has 0 aromatic heterocycles. The van der Waals surface area contributed by atoms with Gasteiger partial charge in [0.2, 0.25) is 0 Å². The first-order chi connectivity index (χ1) is 9.08. The van der Waals surface area contributed by atoms with E-state index < -0.39 is 0 Å². The highest BCUT2D eigenvalue weighted by Crippen LogP contribution is 2.21. The van der Waals surface area contributed by atoms with Crippen molar-refractivity contribution in [1.82, 2.24) is 9.80 Å². The summed E-state index contributed by atoms with van der Waals surface area (Å²) in [6.45, 7) is 7.85. The summed E-state index contributed by atoms with van der Waals surface area (Å²) in [7, 11) is 0. The summed E-state index contributed by atoms with van der Waals surface area (Å²) in [4.78, 5) is 16.4. The number of para-hydroxylation sites is 1. The summed E-state index contributed by atoms with van der Waals surface area (Å²) >= 11 is 3.44. The van der Waals surface area contributed by atoms with Gasteiger partial charge >= 0.3 is 6.03 Å². The zero-order valence-corrected chi connectivity index (χ0v) is 13.0. The molecule has 19 heavy (non-hydrogen) atoms. The van der Waals surface area contributed by atoms with Gasteiger partial charge < -0.3 is 10.2 Å². The van der Waals surface area contributed by atoms with Crippen LogP contribution in [0.25, 0.3) is 0 Å². The third kappa shape index (κ3) is 3.70. The van der Waals surface area contributed by atoms with Gasteiger partial charge in [-0.3, -0.25) is 4.90 Å². The maximum Gasteiger partial charge on any atom is 0.321 e. The summed E-state index contributed by atoms with van der Waals surface area (Å²) in [6.07, 6.45) is 0. The molecule has 1 heterocycles. The second kappa shape index (κ2) is 6.39. The Kier molecular flexibility index (Phi) is 4.82. The van der Waals surface area contributed by atoms with Gasteiger partial charge in [0.1, 0.15) is 0 Å². The molecule has 1 aromatic carbocycles. The van der Waals surface area contributed by atoms with Crippen LogP contribution in [0, 0.1) is 0 Å². The Morgan fingerprint density at radius 2 is 1.84 bits per heavy atom. The Morgan fingerprint density at radius 3 is 2.42 bits per heavy atom. The normalized spacial score (nSPS) is 16.7. The number of anilines is 1. The van der Waals surface area contributed by atoms with Crippen molar-refractivity contribution in [3.63, 3.8) is 0 Å². The van der Waals surface area contributed by atoms with Crippen LogP contribution in [0.2, 0.25) is 0 Å². The molecule has 0 bridgehead atoms. The zero-order chi connectivity index (χ0) is 13.8. The van der Waals surface area contributed by atoms with Crippen LogP contribution >= 0.6 is 15.9 Å². The number of nitrogens with zero attached hydrogens (tertiary/aromatic N) is 2. The Hall–Kier alpha value is -1.07. The second-order valence-electron chi connectivity index (χ2n) is 5.03. The Labute approximate surface area is 122 Å². The van der Waals surface area contributed by atoms with E-state index in [4.69, 9.17) is 0 Å². The lowest BCUT2D eigenvalue weighted by Crippen LogP contribution is -2.51. The number of carbonyl (C=O) groups is 1. The first-order valence-electron chi connectivity index (χ1n) is 6.62. The van der Waals surface area contributed by atoms with Crippen LogP contribution in [-0.4, -0.2) is 48.1 Å². The maximum absolute atomic E-state index is 12.2. The molecule has 1 aromatic rings. The fourth-order valence-corrected chi connectivity index (χ4v) is 2.58. The number of carbonyl (C=O) groups excluding carboxylic acids is 1. The van der Waals surface area contributed by atoms with E-state index in [1.807, 2.05) is 29.2 Å². The second-order valence-corrected chi connectivity index (χ2v) is 5.88. The van der Waals surface area contributed by atoms with Gasteiger partial charge in [0.25, 0.3) is 0 Å². The third-order valence-corrected chi connectivity index (χ3v) is 4.14. The smallest absolute Gasteiger partial charge is 0.321 e. The van der Waals surface area contributed by atoms with Gasteiger partial charge in [0.15, 0.2) is 0 Å². The molecule has 0 atom stereocenters. The topological polar surface area (TPSA) is 35.6 Å². The lowest BCUT2D eigenvalue weighted by atomic mass is 10.2. The number of nitrogens with one attached hydrogen (secondary N) is 1. The van der Waals surface area contributed by atoms with Crippen LogP contribution in [0.3, 0.4) is 0 Å². The molecule has 0 spiro atoms. The molecule has 1 saturated heterocycles. The fourth-order valence-electron chi connectivity index (χ4n) is 2.20. The van der Waals surface area contributed by atoms with Gasteiger partial charge in [-0.1, -0.05) is 12.1 Å². The van der Waals surface area contributed by atoms with Crippen LogP contribution in [0.4, 0.5) is 10.5 Å². The molecule has 1 aliphatic rings. The van der Waals surface area contributed by atoms with Crippen molar-refractivity contribution in [3.8, 4) is 0 Å². The van der Waals surface area contributed by atoms with Crippen molar-refractivity contribution >= 4 is 27.6 Å². The van der Waals surface area contributed by atoms with Crippen molar-refractivity contribution in [3.05, 3.63) is 28.7 Å². The van der Waals surface area contributed by atoms with Crippen molar-refractivity contribution in [2.75, 3.05) is 31.5 Å². The Balaban J connectivity index is 1.90. The van der Waals surface area contributed by atoms with Gasteiger partial charge in [0.05, 0.1) is 5.69 Å². The van der Waals surface area contributed by atoms with E-state index in [0.29, 0.717) is 6.04 Å². The van der Waals surface area contributed by atoms with Crippen molar-refractivity contribution in [1.29, 1.82) is 0 Å². The molecule has 1 N–H and O–H groups in total. The lowest BCUT2D eigenvalue weighted by Gasteiger charge is -2.36. The summed E-state index contributed by atoms with van der Waals surface area (Å²) in [6, 6.07) is 8.19. The highest BCUT2D eigenvalue weighted by molar-refractivity contribution is 9.10. The number of benzene rings is 1. The quantitative estimate of drug-likeness (QED) is 0.907. The van der Waals surface area contributed by atoms with E-state index in [0.717, 1.165) is 36.3 Å². The van der Waals surface area contributed by atoms with E-state index in [2.05, 4.69) is 40.0 Å². The summed E-state index contributed by atoms with van der Waals surface area (Å²) in [5, 5.41) is 2.95. The molecule has 0 aliphatic carbocycles. The van der Waals surface area contributed by atoms with Crippen LogP contribution in [0.5, 0.6) is 0 Å². The minimum Gasteiger partial charge on any atom is -0.322 e. The third-order valence-electron chi connectivity index (χ3n) is 3.45. The summed E-state index contributed by atoms with van der Waals surface area (Å²) in [5.74, 6) is 0. The fraction of sp³-hybridized carbons (Fsp3) is 0.500. The van der Waals surface area contributed by atoms with Gasteiger partial charge in [-0.15, -0.1) is 0 Å². The molecule has 1 fully saturated rings. The zero-order valence-electron chi connectivity index (χ0n) is 11.4. The first kappa shape index (κ1) is 14.3. The van der Waals surface area contributed by atoms with E-state index in [1.165, 1.54) is 0 Å².